The van der Waals surface area contributed by atoms with Crippen LogP contribution in [0.2, 0.25) is 0 Å². The predicted molar refractivity (Wildman–Crippen MR) is 74.6 cm³/mol. The second-order valence-electron chi connectivity index (χ2n) is 5.59. The van der Waals surface area contributed by atoms with Gasteiger partial charge in [0, 0.05) is 25.4 Å². The number of aromatic nitrogens is 2. The largest absolute Gasteiger partial charge is 0.354 e. The first-order valence-electron chi connectivity index (χ1n) is 7.04. The maximum absolute atomic E-state index is 12.3. The SMILES string of the molecule is CCC1(CNC(=O)C(NC)c2cnn(C)c2)CCC1. The molecule has 0 aromatic carbocycles. The zero-order valence-electron chi connectivity index (χ0n) is 12.1. The Bertz CT molecular complexity index is 431. The van der Waals surface area contributed by atoms with E-state index in [4.69, 9.17) is 0 Å². The number of aryl methyl sites for hydroxylation is 1. The van der Waals surface area contributed by atoms with E-state index in [1.165, 1.54) is 19.3 Å². The number of nitrogens with one attached hydrogen (secondary N) is 2. The zero-order valence-corrected chi connectivity index (χ0v) is 12.1. The monoisotopic (exact) mass is 264 g/mol. The van der Waals surface area contributed by atoms with Gasteiger partial charge in [0.25, 0.3) is 0 Å². The molecule has 1 saturated carbocycles. The van der Waals surface area contributed by atoms with Gasteiger partial charge in [-0.05, 0) is 31.7 Å². The van der Waals surface area contributed by atoms with Crippen LogP contribution in [0.5, 0.6) is 0 Å². The van der Waals surface area contributed by atoms with E-state index in [1.807, 2.05) is 13.2 Å². The number of nitrogens with zero attached hydrogens (tertiary/aromatic N) is 2. The van der Waals surface area contributed by atoms with E-state index in [9.17, 15) is 4.79 Å². The Labute approximate surface area is 114 Å². The Morgan fingerprint density at radius 3 is 2.74 bits per heavy atom. The van der Waals surface area contributed by atoms with Gasteiger partial charge in [-0.1, -0.05) is 13.3 Å². The summed E-state index contributed by atoms with van der Waals surface area (Å²) in [5.74, 6) is 0.0372. The van der Waals surface area contributed by atoms with Crippen molar-refractivity contribution in [2.24, 2.45) is 12.5 Å². The van der Waals surface area contributed by atoms with Gasteiger partial charge >= 0.3 is 0 Å². The van der Waals surface area contributed by atoms with Crippen LogP contribution in [-0.2, 0) is 11.8 Å². The summed E-state index contributed by atoms with van der Waals surface area (Å²) in [6.07, 6.45) is 8.52. The molecule has 1 aliphatic rings. The van der Waals surface area contributed by atoms with E-state index in [2.05, 4.69) is 22.7 Å². The Kier molecular flexibility index (Phi) is 4.24. The van der Waals surface area contributed by atoms with Crippen LogP contribution < -0.4 is 10.6 Å². The third-order valence-electron chi connectivity index (χ3n) is 4.41. The summed E-state index contributed by atoms with van der Waals surface area (Å²) in [6, 6.07) is -0.317. The average Bonchev–Trinajstić information content (AvgIpc) is 2.76. The van der Waals surface area contributed by atoms with Crippen LogP contribution in [0, 0.1) is 5.41 Å². The van der Waals surface area contributed by atoms with E-state index >= 15 is 0 Å². The highest BCUT2D eigenvalue weighted by molar-refractivity contribution is 5.83. The molecule has 0 radical (unpaired) electrons. The molecule has 0 aliphatic heterocycles. The number of likely N-dealkylation sites (N-methyl/N-ethyl adjacent to an activating group) is 1. The summed E-state index contributed by atoms with van der Waals surface area (Å²) in [5, 5.41) is 10.3. The van der Waals surface area contributed by atoms with Gasteiger partial charge in [0.1, 0.15) is 6.04 Å². The second kappa shape index (κ2) is 5.74. The van der Waals surface area contributed by atoms with Crippen LogP contribution in [0.1, 0.15) is 44.2 Å². The molecular formula is C14H24N4O. The van der Waals surface area contributed by atoms with Crippen molar-refractivity contribution in [1.29, 1.82) is 0 Å². The van der Waals surface area contributed by atoms with Crippen molar-refractivity contribution < 1.29 is 4.79 Å². The van der Waals surface area contributed by atoms with Crippen molar-refractivity contribution >= 4 is 5.91 Å². The van der Waals surface area contributed by atoms with Gasteiger partial charge in [-0.15, -0.1) is 0 Å². The molecule has 1 amide bonds. The van der Waals surface area contributed by atoms with Gasteiger partial charge < -0.3 is 10.6 Å². The molecule has 0 saturated heterocycles. The summed E-state index contributed by atoms with van der Waals surface area (Å²) in [6.45, 7) is 3.00. The first kappa shape index (κ1) is 14.1. The molecule has 19 heavy (non-hydrogen) atoms. The molecule has 1 aromatic rings. The van der Waals surface area contributed by atoms with Crippen molar-refractivity contribution in [2.75, 3.05) is 13.6 Å². The first-order chi connectivity index (χ1) is 9.10. The minimum Gasteiger partial charge on any atom is -0.354 e. The quantitative estimate of drug-likeness (QED) is 0.816. The highest BCUT2D eigenvalue weighted by Crippen LogP contribution is 2.43. The average molecular weight is 264 g/mol. The first-order valence-corrected chi connectivity index (χ1v) is 7.04. The van der Waals surface area contributed by atoms with Crippen LogP contribution in [0.4, 0.5) is 0 Å². The normalized spacial score (nSPS) is 18.7. The highest BCUT2D eigenvalue weighted by atomic mass is 16.2. The van der Waals surface area contributed by atoms with Crippen molar-refractivity contribution in [3.63, 3.8) is 0 Å². The third kappa shape index (κ3) is 2.97. The molecule has 2 N–H and O–H groups in total. The number of hydrogen-bond donors (Lipinski definition) is 2. The van der Waals surface area contributed by atoms with Crippen LogP contribution in [0.15, 0.2) is 12.4 Å². The Hall–Kier alpha value is -1.36. The summed E-state index contributed by atoms with van der Waals surface area (Å²) in [4.78, 5) is 12.3. The van der Waals surface area contributed by atoms with Crippen LogP contribution >= 0.6 is 0 Å². The molecule has 1 unspecified atom stereocenters. The molecule has 1 heterocycles. The van der Waals surface area contributed by atoms with Crippen LogP contribution in [0.25, 0.3) is 0 Å². The topological polar surface area (TPSA) is 59.0 Å². The van der Waals surface area contributed by atoms with Gasteiger partial charge in [0.05, 0.1) is 6.20 Å². The molecule has 1 aliphatic carbocycles. The molecule has 5 heteroatoms. The lowest BCUT2D eigenvalue weighted by atomic mass is 9.67. The Morgan fingerprint density at radius 2 is 2.32 bits per heavy atom. The Morgan fingerprint density at radius 1 is 1.58 bits per heavy atom. The number of carbonyl (C=O) groups excluding carboxylic acids is 1. The minimum absolute atomic E-state index is 0.0372. The molecular weight excluding hydrogens is 240 g/mol. The van der Waals surface area contributed by atoms with Crippen molar-refractivity contribution in [3.05, 3.63) is 18.0 Å². The van der Waals surface area contributed by atoms with Crippen LogP contribution in [0.3, 0.4) is 0 Å². The number of carbonyl (C=O) groups is 1. The molecule has 0 bridgehead atoms. The smallest absolute Gasteiger partial charge is 0.241 e. The fourth-order valence-corrected chi connectivity index (χ4v) is 2.75. The lowest BCUT2D eigenvalue weighted by Crippen LogP contribution is -2.45. The van der Waals surface area contributed by atoms with Gasteiger partial charge in [-0.2, -0.15) is 5.10 Å². The summed E-state index contributed by atoms with van der Waals surface area (Å²) >= 11 is 0. The van der Waals surface area contributed by atoms with Gasteiger partial charge in [0.15, 0.2) is 0 Å². The molecule has 1 fully saturated rings. The molecule has 106 valence electrons. The lowest BCUT2D eigenvalue weighted by Gasteiger charge is -2.41. The predicted octanol–water partition coefficient (Wildman–Crippen LogP) is 1.38. The fraction of sp³-hybridized carbons (Fsp3) is 0.714. The third-order valence-corrected chi connectivity index (χ3v) is 4.41. The number of rotatable bonds is 6. The molecule has 5 nitrogen and oxygen atoms in total. The maximum atomic E-state index is 12.3. The van der Waals surface area contributed by atoms with Crippen LogP contribution in [-0.4, -0.2) is 29.3 Å². The van der Waals surface area contributed by atoms with Gasteiger partial charge in [-0.25, -0.2) is 0 Å². The van der Waals surface area contributed by atoms with Gasteiger partial charge in [-0.3, -0.25) is 9.48 Å². The van der Waals surface area contributed by atoms with Crippen molar-refractivity contribution in [1.82, 2.24) is 20.4 Å². The summed E-state index contributed by atoms with van der Waals surface area (Å²) < 4.78 is 1.71. The maximum Gasteiger partial charge on any atom is 0.241 e. The van der Waals surface area contributed by atoms with Crippen molar-refractivity contribution in [3.8, 4) is 0 Å². The van der Waals surface area contributed by atoms with Crippen molar-refractivity contribution in [2.45, 2.75) is 38.6 Å². The lowest BCUT2D eigenvalue weighted by molar-refractivity contribution is -0.124. The van der Waals surface area contributed by atoms with E-state index in [0.717, 1.165) is 18.5 Å². The van der Waals surface area contributed by atoms with Gasteiger partial charge in [0.2, 0.25) is 5.91 Å². The molecule has 1 atom stereocenters. The fourth-order valence-electron chi connectivity index (χ4n) is 2.75. The highest BCUT2D eigenvalue weighted by Gasteiger charge is 2.35. The number of amides is 1. The van der Waals surface area contributed by atoms with E-state index in [-0.39, 0.29) is 11.9 Å². The Balaban J connectivity index is 1.94. The molecule has 2 rings (SSSR count). The second-order valence-corrected chi connectivity index (χ2v) is 5.59. The minimum atomic E-state index is -0.317. The van der Waals surface area contributed by atoms with E-state index < -0.39 is 0 Å². The summed E-state index contributed by atoms with van der Waals surface area (Å²) in [7, 11) is 3.66. The molecule has 1 aromatic heterocycles. The standard InChI is InChI=1S/C14H24N4O/c1-4-14(6-5-7-14)10-16-13(19)12(15-2)11-8-17-18(3)9-11/h8-9,12,15H,4-7,10H2,1-3H3,(H,16,19). The molecule has 0 spiro atoms. The van der Waals surface area contributed by atoms with E-state index in [1.54, 1.807) is 17.9 Å². The van der Waals surface area contributed by atoms with E-state index in [0.29, 0.717) is 5.41 Å². The number of hydrogen-bond acceptors (Lipinski definition) is 3. The summed E-state index contributed by atoms with van der Waals surface area (Å²) in [5.41, 5.74) is 1.25. The zero-order chi connectivity index (χ0) is 13.9.